The van der Waals surface area contributed by atoms with Crippen LogP contribution in [-0.4, -0.2) is 70.2 Å². The Kier molecular flexibility index (Phi) is 10.3. The summed E-state index contributed by atoms with van der Waals surface area (Å²) in [7, 11) is -3.48. The molecular weight excluding hydrogens is 538 g/mol. The Labute approximate surface area is 236 Å². The van der Waals surface area contributed by atoms with Gasteiger partial charge in [-0.15, -0.1) is 0 Å². The third-order valence-corrected chi connectivity index (χ3v) is 9.64. The van der Waals surface area contributed by atoms with Gasteiger partial charge in [0, 0.05) is 29.9 Å². The van der Waals surface area contributed by atoms with Crippen molar-refractivity contribution in [3.63, 3.8) is 0 Å². The molecule has 1 aliphatic rings. The second-order valence-electron chi connectivity index (χ2n) is 9.79. The number of hydrogen-bond acceptors (Lipinski definition) is 6. The van der Waals surface area contributed by atoms with Crippen LogP contribution in [0.25, 0.3) is 10.9 Å². The Morgan fingerprint density at radius 2 is 1.69 bits per heavy atom. The minimum Gasteiger partial charge on any atom is -0.505 e. The van der Waals surface area contributed by atoms with Gasteiger partial charge in [0.15, 0.2) is 5.75 Å². The summed E-state index contributed by atoms with van der Waals surface area (Å²) >= 11 is 5.95. The molecule has 0 atom stereocenters. The average molecular weight is 576 g/mol. The third kappa shape index (κ3) is 6.90. The monoisotopic (exact) mass is 575 g/mol. The van der Waals surface area contributed by atoms with E-state index in [2.05, 4.69) is 30.7 Å². The first kappa shape index (κ1) is 30.8. The predicted octanol–water partition coefficient (Wildman–Crippen LogP) is 5.33. The zero-order valence-corrected chi connectivity index (χ0v) is 24.8. The van der Waals surface area contributed by atoms with Crippen LogP contribution in [-0.2, 0) is 29.4 Å². The van der Waals surface area contributed by atoms with Gasteiger partial charge in [0.05, 0.1) is 16.5 Å². The molecule has 10 heteroatoms. The number of halogens is 1. The summed E-state index contributed by atoms with van der Waals surface area (Å²) in [6, 6.07) is 10.4. The first-order chi connectivity index (χ1) is 18.4. The SMILES string of the molecule is CC(C)S(=O)(=O)N1CCc2ccc3c(C(=O)O)c(O)c(Cc4ccc(Cl)cc4)nc3c2C1.CCN(CC)CC. The highest BCUT2D eigenvalue weighted by Crippen LogP contribution is 2.35. The normalized spacial score (nSPS) is 13.8. The fraction of sp³-hybridized carbons (Fsp3) is 0.448. The molecule has 1 aromatic heterocycles. The third-order valence-electron chi connectivity index (χ3n) is 7.17. The number of carboxylic acid groups (broad SMARTS) is 1. The van der Waals surface area contributed by atoms with Gasteiger partial charge in [0.2, 0.25) is 10.0 Å². The lowest BCUT2D eigenvalue weighted by molar-refractivity contribution is 0.0695. The first-order valence-electron chi connectivity index (χ1n) is 13.3. The van der Waals surface area contributed by atoms with Gasteiger partial charge in [-0.05, 0) is 68.7 Å². The van der Waals surface area contributed by atoms with Gasteiger partial charge in [-0.25, -0.2) is 18.2 Å². The van der Waals surface area contributed by atoms with Gasteiger partial charge < -0.3 is 15.1 Å². The van der Waals surface area contributed by atoms with Crippen molar-refractivity contribution in [2.75, 3.05) is 26.2 Å². The molecule has 2 N–H and O–H groups in total. The minimum absolute atomic E-state index is 0.115. The van der Waals surface area contributed by atoms with Crippen LogP contribution in [0.5, 0.6) is 5.75 Å². The van der Waals surface area contributed by atoms with Crippen LogP contribution >= 0.6 is 11.6 Å². The number of benzene rings is 2. The molecule has 0 spiro atoms. The number of hydrogen-bond donors (Lipinski definition) is 2. The summed E-state index contributed by atoms with van der Waals surface area (Å²) in [5.41, 5.74) is 2.81. The van der Waals surface area contributed by atoms with Crippen LogP contribution < -0.4 is 0 Å². The molecule has 3 aromatic rings. The quantitative estimate of drug-likeness (QED) is 0.373. The number of carboxylic acids is 1. The smallest absolute Gasteiger partial charge is 0.340 e. The summed E-state index contributed by atoms with van der Waals surface area (Å²) in [6.07, 6.45) is 0.714. The van der Waals surface area contributed by atoms with Crippen LogP contribution in [0.1, 0.15) is 67.4 Å². The molecule has 0 amide bonds. The van der Waals surface area contributed by atoms with Gasteiger partial charge in [0.25, 0.3) is 0 Å². The number of fused-ring (bicyclic) bond motifs is 3. The Bertz CT molecular complexity index is 1420. The van der Waals surface area contributed by atoms with Gasteiger partial charge in [-0.2, -0.15) is 4.31 Å². The molecule has 0 saturated heterocycles. The van der Waals surface area contributed by atoms with E-state index in [0.29, 0.717) is 29.1 Å². The Morgan fingerprint density at radius 1 is 1.08 bits per heavy atom. The lowest BCUT2D eigenvalue weighted by atomic mass is 9.94. The van der Waals surface area contributed by atoms with Crippen LogP contribution in [0, 0.1) is 0 Å². The largest absolute Gasteiger partial charge is 0.505 e. The van der Waals surface area contributed by atoms with E-state index in [0.717, 1.165) is 11.1 Å². The fourth-order valence-electron chi connectivity index (χ4n) is 4.70. The molecular formula is C29H38ClN3O5S. The molecule has 4 rings (SSSR count). The second kappa shape index (κ2) is 13.1. The summed E-state index contributed by atoms with van der Waals surface area (Å²) < 4.78 is 26.9. The highest BCUT2D eigenvalue weighted by Gasteiger charge is 2.31. The Hall–Kier alpha value is -2.72. The second-order valence-corrected chi connectivity index (χ2v) is 12.7. The number of carbonyl (C=O) groups is 1. The molecule has 212 valence electrons. The first-order valence-corrected chi connectivity index (χ1v) is 15.2. The van der Waals surface area contributed by atoms with Crippen molar-refractivity contribution < 1.29 is 23.4 Å². The number of rotatable bonds is 8. The number of pyridine rings is 1. The van der Waals surface area contributed by atoms with E-state index in [1.165, 1.54) is 23.9 Å². The molecule has 1 aliphatic heterocycles. The number of sulfonamides is 1. The van der Waals surface area contributed by atoms with E-state index in [1.54, 1.807) is 50.2 Å². The van der Waals surface area contributed by atoms with Crippen LogP contribution in [0.2, 0.25) is 5.02 Å². The summed E-state index contributed by atoms with van der Waals surface area (Å²) in [4.78, 5) is 19.1. The van der Waals surface area contributed by atoms with Crippen molar-refractivity contribution >= 4 is 38.5 Å². The van der Waals surface area contributed by atoms with Gasteiger partial charge in [-0.1, -0.05) is 56.6 Å². The maximum absolute atomic E-state index is 12.8. The maximum atomic E-state index is 12.8. The lowest BCUT2D eigenvalue weighted by Crippen LogP contribution is -2.40. The molecule has 2 aromatic carbocycles. The molecule has 0 radical (unpaired) electrons. The van der Waals surface area contributed by atoms with Crippen molar-refractivity contribution in [3.05, 3.63) is 69.4 Å². The Balaban J connectivity index is 0.000000532. The highest BCUT2D eigenvalue weighted by molar-refractivity contribution is 7.89. The fourth-order valence-corrected chi connectivity index (χ4v) is 6.08. The van der Waals surface area contributed by atoms with Crippen LogP contribution in [0.4, 0.5) is 0 Å². The molecule has 0 bridgehead atoms. The molecule has 39 heavy (non-hydrogen) atoms. The molecule has 0 unspecified atom stereocenters. The zero-order valence-electron chi connectivity index (χ0n) is 23.2. The topological polar surface area (TPSA) is 111 Å². The average Bonchev–Trinajstić information content (AvgIpc) is 2.91. The van der Waals surface area contributed by atoms with Gasteiger partial charge in [-0.3, -0.25) is 0 Å². The lowest BCUT2D eigenvalue weighted by Gasteiger charge is -2.30. The minimum atomic E-state index is -3.48. The summed E-state index contributed by atoms with van der Waals surface area (Å²) in [6.45, 7) is 13.9. The van der Waals surface area contributed by atoms with Crippen LogP contribution in [0.3, 0.4) is 0 Å². The predicted molar refractivity (Wildman–Crippen MR) is 156 cm³/mol. The van der Waals surface area contributed by atoms with Crippen molar-refractivity contribution in [3.8, 4) is 5.75 Å². The van der Waals surface area contributed by atoms with Crippen molar-refractivity contribution in [2.45, 2.75) is 59.3 Å². The number of aromatic carboxylic acids is 1. The highest BCUT2D eigenvalue weighted by atomic mass is 35.5. The van der Waals surface area contributed by atoms with E-state index in [-0.39, 0.29) is 35.4 Å². The van der Waals surface area contributed by atoms with Crippen LogP contribution in [0.15, 0.2) is 36.4 Å². The zero-order chi connectivity index (χ0) is 28.9. The van der Waals surface area contributed by atoms with E-state index >= 15 is 0 Å². The standard InChI is InChI=1S/C23H23ClN2O5S.C6H15N/c1-13(2)32(30,31)26-10-9-15-5-8-17-20(23(28)29)22(27)19(25-21(17)18(15)12-26)11-14-3-6-16(24)7-4-14;1-4-7(5-2)6-3/h3-8,13,27H,9-12H2,1-2H3,(H,28,29);4-6H2,1-3H3. The van der Waals surface area contributed by atoms with E-state index in [4.69, 9.17) is 11.6 Å². The van der Waals surface area contributed by atoms with Gasteiger partial charge >= 0.3 is 5.97 Å². The molecule has 2 heterocycles. The molecule has 0 saturated carbocycles. The van der Waals surface area contributed by atoms with E-state index in [1.807, 2.05) is 0 Å². The van der Waals surface area contributed by atoms with Crippen molar-refractivity contribution in [1.29, 1.82) is 0 Å². The summed E-state index contributed by atoms with van der Waals surface area (Å²) in [5.74, 6) is -1.66. The molecule has 0 aliphatic carbocycles. The van der Waals surface area contributed by atoms with Crippen molar-refractivity contribution in [1.82, 2.24) is 14.2 Å². The number of aromatic hydroxyl groups is 1. The van der Waals surface area contributed by atoms with Gasteiger partial charge in [0.1, 0.15) is 5.56 Å². The maximum Gasteiger partial charge on any atom is 0.340 e. The van der Waals surface area contributed by atoms with E-state index < -0.39 is 21.2 Å². The summed E-state index contributed by atoms with van der Waals surface area (Å²) in [5, 5.41) is 20.9. The molecule has 0 fully saturated rings. The molecule has 8 nitrogen and oxygen atoms in total. The number of nitrogens with zero attached hydrogens (tertiary/aromatic N) is 3. The Morgan fingerprint density at radius 3 is 2.21 bits per heavy atom. The van der Waals surface area contributed by atoms with E-state index in [9.17, 15) is 23.4 Å². The number of aromatic nitrogens is 1. The van der Waals surface area contributed by atoms with Crippen molar-refractivity contribution in [2.24, 2.45) is 0 Å².